The minimum Gasteiger partial charge on any atom is -0.481 e. The SMILES string of the molecule is C=CCC(NC(=O)OCC1c2ccccc2-c2ccccc21)C(=O)NCC(CC(=O)O)C(C)C. The lowest BCUT2D eigenvalue weighted by atomic mass is 9.92. The second-order valence-electron chi connectivity index (χ2n) is 8.89. The lowest BCUT2D eigenvalue weighted by Crippen LogP contribution is -2.48. The molecule has 1 aliphatic rings. The largest absolute Gasteiger partial charge is 0.481 e. The smallest absolute Gasteiger partial charge is 0.407 e. The van der Waals surface area contributed by atoms with Crippen LogP contribution >= 0.6 is 0 Å². The normalized spacial score (nSPS) is 14.0. The number of aliphatic carboxylic acids is 1. The van der Waals surface area contributed by atoms with Crippen LogP contribution in [-0.2, 0) is 14.3 Å². The zero-order valence-corrected chi connectivity index (χ0v) is 19.6. The van der Waals surface area contributed by atoms with Crippen LogP contribution in [0.1, 0.15) is 43.7 Å². The van der Waals surface area contributed by atoms with Gasteiger partial charge >= 0.3 is 12.1 Å². The minimum absolute atomic E-state index is 0.0378. The second-order valence-corrected chi connectivity index (χ2v) is 8.89. The molecule has 0 saturated heterocycles. The van der Waals surface area contributed by atoms with E-state index >= 15 is 0 Å². The van der Waals surface area contributed by atoms with Crippen molar-refractivity contribution in [1.29, 1.82) is 0 Å². The predicted molar refractivity (Wildman–Crippen MR) is 130 cm³/mol. The summed E-state index contributed by atoms with van der Waals surface area (Å²) in [7, 11) is 0. The van der Waals surface area contributed by atoms with E-state index in [2.05, 4.69) is 29.3 Å². The molecule has 7 heteroatoms. The van der Waals surface area contributed by atoms with E-state index in [0.717, 1.165) is 22.3 Å². The standard InChI is InChI=1S/C27H32N2O5/c1-4-9-24(26(32)28-15-18(17(2)3)14-25(30)31)29-27(33)34-16-23-21-12-7-5-10-19(21)20-11-6-8-13-22(20)23/h4-8,10-13,17-18,23-24H,1,9,14-16H2,2-3H3,(H,28,32)(H,29,33)(H,30,31). The Morgan fingerprint density at radius 3 is 2.18 bits per heavy atom. The van der Waals surface area contributed by atoms with Crippen molar-refractivity contribution >= 4 is 18.0 Å². The van der Waals surface area contributed by atoms with Gasteiger partial charge < -0.3 is 20.5 Å². The predicted octanol–water partition coefficient (Wildman–Crippen LogP) is 4.33. The maximum Gasteiger partial charge on any atom is 0.407 e. The van der Waals surface area contributed by atoms with Gasteiger partial charge in [0, 0.05) is 12.5 Å². The van der Waals surface area contributed by atoms with Crippen LogP contribution in [0.3, 0.4) is 0 Å². The van der Waals surface area contributed by atoms with Crippen molar-refractivity contribution in [2.75, 3.05) is 13.2 Å². The van der Waals surface area contributed by atoms with Crippen LogP contribution in [0, 0.1) is 11.8 Å². The van der Waals surface area contributed by atoms with Crippen molar-refractivity contribution < 1.29 is 24.2 Å². The van der Waals surface area contributed by atoms with Crippen molar-refractivity contribution in [3.8, 4) is 11.1 Å². The quantitative estimate of drug-likeness (QED) is 0.429. The summed E-state index contributed by atoms with van der Waals surface area (Å²) in [5.41, 5.74) is 4.49. The van der Waals surface area contributed by atoms with Gasteiger partial charge in [-0.25, -0.2) is 4.79 Å². The highest BCUT2D eigenvalue weighted by Gasteiger charge is 2.30. The molecule has 2 amide bonds. The van der Waals surface area contributed by atoms with E-state index in [1.54, 1.807) is 6.08 Å². The van der Waals surface area contributed by atoms with Gasteiger partial charge in [0.1, 0.15) is 12.6 Å². The van der Waals surface area contributed by atoms with Crippen LogP contribution in [-0.4, -0.2) is 42.3 Å². The third kappa shape index (κ3) is 6.04. The van der Waals surface area contributed by atoms with E-state index < -0.39 is 24.0 Å². The van der Waals surface area contributed by atoms with Gasteiger partial charge in [-0.2, -0.15) is 0 Å². The average molecular weight is 465 g/mol. The third-order valence-electron chi connectivity index (χ3n) is 6.27. The van der Waals surface area contributed by atoms with Crippen LogP contribution in [0.15, 0.2) is 61.2 Å². The molecule has 0 spiro atoms. The molecule has 7 nitrogen and oxygen atoms in total. The van der Waals surface area contributed by atoms with Crippen molar-refractivity contribution in [2.24, 2.45) is 11.8 Å². The van der Waals surface area contributed by atoms with Gasteiger partial charge in [-0.3, -0.25) is 9.59 Å². The number of fused-ring (bicyclic) bond motifs is 3. The number of carbonyl (C=O) groups excluding carboxylic acids is 2. The third-order valence-corrected chi connectivity index (χ3v) is 6.27. The fourth-order valence-electron chi connectivity index (χ4n) is 4.30. The first-order valence-electron chi connectivity index (χ1n) is 11.5. The summed E-state index contributed by atoms with van der Waals surface area (Å²) >= 11 is 0. The Kier molecular flexibility index (Phi) is 8.46. The van der Waals surface area contributed by atoms with Crippen LogP contribution < -0.4 is 10.6 Å². The van der Waals surface area contributed by atoms with E-state index in [4.69, 9.17) is 9.84 Å². The highest BCUT2D eigenvalue weighted by molar-refractivity contribution is 5.86. The summed E-state index contributed by atoms with van der Waals surface area (Å²) in [6, 6.07) is 15.3. The Hall–Kier alpha value is -3.61. The number of hydrogen-bond acceptors (Lipinski definition) is 4. The monoisotopic (exact) mass is 464 g/mol. The van der Waals surface area contributed by atoms with Gasteiger partial charge in [0.15, 0.2) is 0 Å². The molecule has 3 N–H and O–H groups in total. The van der Waals surface area contributed by atoms with E-state index in [9.17, 15) is 14.4 Å². The topological polar surface area (TPSA) is 105 Å². The molecule has 180 valence electrons. The molecule has 0 saturated carbocycles. The van der Waals surface area contributed by atoms with Gasteiger partial charge in [0.2, 0.25) is 5.91 Å². The molecule has 0 aromatic heterocycles. The lowest BCUT2D eigenvalue weighted by Gasteiger charge is -2.22. The van der Waals surface area contributed by atoms with Crippen molar-refractivity contribution in [3.05, 3.63) is 72.3 Å². The summed E-state index contributed by atoms with van der Waals surface area (Å²) in [6.07, 6.45) is 1.05. The van der Waals surface area contributed by atoms with E-state index in [0.29, 0.717) is 0 Å². The van der Waals surface area contributed by atoms with Gasteiger partial charge in [-0.05, 0) is 40.5 Å². The molecule has 0 bridgehead atoms. The molecule has 1 aliphatic carbocycles. The van der Waals surface area contributed by atoms with Gasteiger partial charge in [0.25, 0.3) is 0 Å². The average Bonchev–Trinajstić information content (AvgIpc) is 3.13. The number of carboxylic acids is 1. The van der Waals surface area contributed by atoms with Crippen molar-refractivity contribution in [3.63, 3.8) is 0 Å². The van der Waals surface area contributed by atoms with Crippen LogP contribution in [0.2, 0.25) is 0 Å². The number of rotatable bonds is 11. The number of hydrogen-bond donors (Lipinski definition) is 3. The Balaban J connectivity index is 1.59. The first kappa shape index (κ1) is 25.0. The molecule has 0 radical (unpaired) electrons. The summed E-state index contributed by atoms with van der Waals surface area (Å²) in [5.74, 6) is -1.51. The molecule has 34 heavy (non-hydrogen) atoms. The van der Waals surface area contributed by atoms with Gasteiger partial charge in [0.05, 0.1) is 6.42 Å². The number of carbonyl (C=O) groups is 3. The Bertz CT molecular complexity index is 1000. The van der Waals surface area contributed by atoms with Gasteiger partial charge in [-0.15, -0.1) is 6.58 Å². The highest BCUT2D eigenvalue weighted by atomic mass is 16.5. The number of ether oxygens (including phenoxy) is 1. The van der Waals surface area contributed by atoms with E-state index in [1.165, 1.54) is 0 Å². The molecule has 3 rings (SSSR count). The van der Waals surface area contributed by atoms with E-state index in [1.807, 2.05) is 50.2 Å². The number of amides is 2. The zero-order valence-electron chi connectivity index (χ0n) is 19.6. The number of alkyl carbamates (subject to hydrolysis) is 1. The summed E-state index contributed by atoms with van der Waals surface area (Å²) in [5, 5.41) is 14.5. The molecular weight excluding hydrogens is 432 g/mol. The molecule has 0 fully saturated rings. The number of nitrogens with one attached hydrogen (secondary N) is 2. The van der Waals surface area contributed by atoms with Crippen LogP contribution in [0.25, 0.3) is 11.1 Å². The van der Waals surface area contributed by atoms with Gasteiger partial charge in [-0.1, -0.05) is 68.5 Å². The molecule has 2 atom stereocenters. The summed E-state index contributed by atoms with van der Waals surface area (Å²) < 4.78 is 5.54. The Morgan fingerprint density at radius 1 is 1.06 bits per heavy atom. The number of benzene rings is 2. The van der Waals surface area contributed by atoms with Crippen LogP contribution in [0.5, 0.6) is 0 Å². The first-order valence-corrected chi connectivity index (χ1v) is 11.5. The Labute approximate surface area is 200 Å². The summed E-state index contributed by atoms with van der Waals surface area (Å²) in [6.45, 7) is 7.85. The molecule has 2 aromatic rings. The van der Waals surface area contributed by atoms with Crippen LogP contribution in [0.4, 0.5) is 4.79 Å². The molecule has 2 unspecified atom stereocenters. The Morgan fingerprint density at radius 2 is 1.65 bits per heavy atom. The maximum atomic E-state index is 12.7. The second kappa shape index (κ2) is 11.5. The lowest BCUT2D eigenvalue weighted by molar-refractivity contribution is -0.138. The maximum absolute atomic E-state index is 12.7. The molecule has 0 aliphatic heterocycles. The van der Waals surface area contributed by atoms with Crippen molar-refractivity contribution in [2.45, 2.75) is 38.6 Å². The molecule has 0 heterocycles. The molecular formula is C27H32N2O5. The summed E-state index contributed by atoms with van der Waals surface area (Å²) in [4.78, 5) is 36.3. The fourth-order valence-corrected chi connectivity index (χ4v) is 4.30. The number of carboxylic acid groups (broad SMARTS) is 1. The fraction of sp³-hybridized carbons (Fsp3) is 0.370. The molecule has 2 aromatic carbocycles. The van der Waals surface area contributed by atoms with Crippen molar-refractivity contribution in [1.82, 2.24) is 10.6 Å². The zero-order chi connectivity index (χ0) is 24.7. The first-order chi connectivity index (χ1) is 16.3. The minimum atomic E-state index is -0.910. The highest BCUT2D eigenvalue weighted by Crippen LogP contribution is 2.44. The van der Waals surface area contributed by atoms with E-state index in [-0.39, 0.29) is 43.7 Å².